The van der Waals surface area contributed by atoms with Gasteiger partial charge in [0, 0.05) is 10.6 Å². The van der Waals surface area contributed by atoms with Gasteiger partial charge in [0.25, 0.3) is 5.91 Å². The topological polar surface area (TPSA) is 42.2 Å². The number of hydrogen-bond donors (Lipinski definition) is 1. The Morgan fingerprint density at radius 1 is 1.00 bits per heavy atom. The maximum Gasteiger partial charge on any atom is 0.291 e. The molecule has 23 heavy (non-hydrogen) atoms. The first-order chi connectivity index (χ1) is 11.0. The molecule has 0 unspecified atom stereocenters. The number of carbonyl (C=O) groups excluding carboxylic acids is 1. The molecule has 0 saturated heterocycles. The van der Waals surface area contributed by atoms with Crippen molar-refractivity contribution in [1.82, 2.24) is 0 Å². The van der Waals surface area contributed by atoms with Crippen molar-refractivity contribution in [3.8, 4) is 11.3 Å². The van der Waals surface area contributed by atoms with Crippen molar-refractivity contribution in [1.29, 1.82) is 0 Å². The van der Waals surface area contributed by atoms with E-state index in [4.69, 9.17) is 27.6 Å². The fourth-order valence-electron chi connectivity index (χ4n) is 2.00. The molecule has 3 rings (SSSR count). The smallest absolute Gasteiger partial charge is 0.291 e. The molecule has 3 nitrogen and oxygen atoms in total. The predicted molar refractivity (Wildman–Crippen MR) is 88.5 cm³/mol. The van der Waals surface area contributed by atoms with Gasteiger partial charge in [0.15, 0.2) is 5.76 Å². The van der Waals surface area contributed by atoms with E-state index in [0.717, 1.165) is 11.6 Å². The van der Waals surface area contributed by atoms with E-state index >= 15 is 0 Å². The second-order valence-electron chi connectivity index (χ2n) is 4.75. The molecule has 1 N–H and O–H groups in total. The first-order valence-electron chi connectivity index (χ1n) is 6.65. The Kier molecular flexibility index (Phi) is 4.37. The number of hydrogen-bond acceptors (Lipinski definition) is 2. The number of rotatable bonds is 3. The molecule has 116 valence electrons. The van der Waals surface area contributed by atoms with Gasteiger partial charge in [-0.1, -0.05) is 23.2 Å². The van der Waals surface area contributed by atoms with Gasteiger partial charge in [0.1, 0.15) is 11.6 Å². The number of nitrogens with one attached hydrogen (secondary N) is 1. The molecule has 0 aliphatic rings. The van der Waals surface area contributed by atoms with Crippen LogP contribution in [-0.2, 0) is 0 Å². The first-order valence-corrected chi connectivity index (χ1v) is 7.41. The highest BCUT2D eigenvalue weighted by molar-refractivity contribution is 6.33. The van der Waals surface area contributed by atoms with Gasteiger partial charge in [-0.2, -0.15) is 0 Å². The van der Waals surface area contributed by atoms with Crippen LogP contribution in [0.4, 0.5) is 10.1 Å². The molecular formula is C17H10Cl2FNO2. The zero-order valence-corrected chi connectivity index (χ0v) is 13.2. The van der Waals surface area contributed by atoms with E-state index in [1.54, 1.807) is 36.4 Å². The molecule has 0 saturated carbocycles. The van der Waals surface area contributed by atoms with Crippen LogP contribution >= 0.6 is 23.2 Å². The minimum Gasteiger partial charge on any atom is -0.451 e. The number of benzene rings is 2. The summed E-state index contributed by atoms with van der Waals surface area (Å²) in [4.78, 5) is 12.2. The fraction of sp³-hybridized carbons (Fsp3) is 0. The second-order valence-corrected chi connectivity index (χ2v) is 5.59. The Bertz CT molecular complexity index is 859. The molecule has 2 aromatic carbocycles. The van der Waals surface area contributed by atoms with Crippen LogP contribution in [0, 0.1) is 5.82 Å². The van der Waals surface area contributed by atoms with E-state index in [2.05, 4.69) is 5.32 Å². The summed E-state index contributed by atoms with van der Waals surface area (Å²) in [5.41, 5.74) is 1.11. The molecule has 0 fully saturated rings. The monoisotopic (exact) mass is 349 g/mol. The van der Waals surface area contributed by atoms with Gasteiger partial charge in [-0.05, 0) is 54.6 Å². The summed E-state index contributed by atoms with van der Waals surface area (Å²) in [6.07, 6.45) is 0. The molecule has 0 bridgehead atoms. The molecule has 3 aromatic rings. The van der Waals surface area contributed by atoms with Crippen LogP contribution in [0.2, 0.25) is 10.0 Å². The van der Waals surface area contributed by atoms with Crippen LogP contribution in [-0.4, -0.2) is 5.91 Å². The molecule has 1 amide bonds. The van der Waals surface area contributed by atoms with Crippen molar-refractivity contribution >= 4 is 34.8 Å². The van der Waals surface area contributed by atoms with Crippen LogP contribution in [0.15, 0.2) is 59.0 Å². The zero-order valence-electron chi connectivity index (χ0n) is 11.6. The van der Waals surface area contributed by atoms with Crippen molar-refractivity contribution in [2.24, 2.45) is 0 Å². The van der Waals surface area contributed by atoms with Gasteiger partial charge in [-0.25, -0.2) is 4.39 Å². The van der Waals surface area contributed by atoms with E-state index in [0.29, 0.717) is 16.5 Å². The molecule has 0 spiro atoms. The fourth-order valence-corrected chi connectivity index (χ4v) is 2.34. The predicted octanol–water partition coefficient (Wildman–Crippen LogP) is 5.64. The normalized spacial score (nSPS) is 10.6. The largest absolute Gasteiger partial charge is 0.451 e. The van der Waals surface area contributed by atoms with E-state index < -0.39 is 11.7 Å². The number of carbonyl (C=O) groups is 1. The van der Waals surface area contributed by atoms with Crippen LogP contribution in [0.3, 0.4) is 0 Å². The zero-order chi connectivity index (χ0) is 16.4. The maximum absolute atomic E-state index is 13.0. The summed E-state index contributed by atoms with van der Waals surface area (Å²) >= 11 is 11.7. The SMILES string of the molecule is O=C(Nc1ccc(F)cc1Cl)c1ccc(-c2ccc(Cl)cc2)o1. The number of furan rings is 1. The number of amides is 1. The lowest BCUT2D eigenvalue weighted by Gasteiger charge is -2.05. The molecule has 1 aromatic heterocycles. The highest BCUT2D eigenvalue weighted by Gasteiger charge is 2.14. The van der Waals surface area contributed by atoms with Crippen molar-refractivity contribution in [2.45, 2.75) is 0 Å². The van der Waals surface area contributed by atoms with Gasteiger partial charge in [-0.15, -0.1) is 0 Å². The summed E-state index contributed by atoms with van der Waals surface area (Å²) in [5.74, 6) is -0.290. The molecule has 6 heteroatoms. The average molecular weight is 350 g/mol. The summed E-state index contributed by atoms with van der Waals surface area (Å²) in [6, 6.07) is 14.0. The van der Waals surface area contributed by atoms with Crippen LogP contribution in [0.25, 0.3) is 11.3 Å². The third-order valence-electron chi connectivity index (χ3n) is 3.14. The molecule has 0 radical (unpaired) electrons. The molecule has 1 heterocycles. The minimum atomic E-state index is -0.476. The van der Waals surface area contributed by atoms with Crippen LogP contribution in [0.5, 0.6) is 0 Å². The van der Waals surface area contributed by atoms with Crippen molar-refractivity contribution < 1.29 is 13.6 Å². The van der Waals surface area contributed by atoms with Crippen molar-refractivity contribution in [2.75, 3.05) is 5.32 Å². The Labute approximate surface area is 141 Å². The summed E-state index contributed by atoms with van der Waals surface area (Å²) in [5, 5.41) is 3.30. The molecular weight excluding hydrogens is 340 g/mol. The molecule has 0 aliphatic carbocycles. The van der Waals surface area contributed by atoms with Crippen molar-refractivity contribution in [3.05, 3.63) is 76.2 Å². The van der Waals surface area contributed by atoms with E-state index in [1.807, 2.05) is 0 Å². The quantitative estimate of drug-likeness (QED) is 0.664. The second kappa shape index (κ2) is 6.44. The third kappa shape index (κ3) is 3.55. The van der Waals surface area contributed by atoms with Gasteiger partial charge < -0.3 is 9.73 Å². The Morgan fingerprint density at radius 3 is 2.43 bits per heavy atom. The highest BCUT2D eigenvalue weighted by Crippen LogP contribution is 2.26. The highest BCUT2D eigenvalue weighted by atomic mass is 35.5. The van der Waals surface area contributed by atoms with Gasteiger partial charge >= 0.3 is 0 Å². The molecule has 0 aliphatic heterocycles. The summed E-state index contributed by atoms with van der Waals surface area (Å²) < 4.78 is 18.5. The minimum absolute atomic E-state index is 0.114. The van der Waals surface area contributed by atoms with Gasteiger partial charge in [0.2, 0.25) is 0 Å². The van der Waals surface area contributed by atoms with Crippen molar-refractivity contribution in [3.63, 3.8) is 0 Å². The Balaban J connectivity index is 1.79. The van der Waals surface area contributed by atoms with E-state index in [9.17, 15) is 9.18 Å². The average Bonchev–Trinajstić information content (AvgIpc) is 3.01. The Morgan fingerprint density at radius 2 is 1.74 bits per heavy atom. The third-order valence-corrected chi connectivity index (χ3v) is 3.70. The molecule has 0 atom stereocenters. The van der Waals surface area contributed by atoms with Crippen LogP contribution < -0.4 is 5.32 Å². The lowest BCUT2D eigenvalue weighted by atomic mass is 10.2. The summed E-state index contributed by atoms with van der Waals surface area (Å²) in [6.45, 7) is 0. The number of halogens is 3. The van der Waals surface area contributed by atoms with Crippen LogP contribution in [0.1, 0.15) is 10.6 Å². The first kappa shape index (κ1) is 15.6. The number of anilines is 1. The summed E-state index contributed by atoms with van der Waals surface area (Å²) in [7, 11) is 0. The maximum atomic E-state index is 13.0. The lowest BCUT2D eigenvalue weighted by molar-refractivity contribution is 0.0997. The standard InChI is InChI=1S/C17H10Cl2FNO2/c18-11-3-1-10(2-4-11)15-7-8-16(23-15)17(22)21-14-6-5-12(20)9-13(14)19/h1-9H,(H,21,22). The Hall–Kier alpha value is -2.30. The van der Waals surface area contributed by atoms with E-state index in [1.165, 1.54) is 12.1 Å². The van der Waals surface area contributed by atoms with Gasteiger partial charge in [-0.3, -0.25) is 4.79 Å². The van der Waals surface area contributed by atoms with Gasteiger partial charge in [0.05, 0.1) is 10.7 Å². The van der Waals surface area contributed by atoms with E-state index in [-0.39, 0.29) is 10.8 Å². The lowest BCUT2D eigenvalue weighted by Crippen LogP contribution is -2.11.